The lowest BCUT2D eigenvalue weighted by atomic mass is 9.99. The third-order valence-corrected chi connectivity index (χ3v) is 5.14. The van der Waals surface area contributed by atoms with Crippen LogP contribution in [0.5, 0.6) is 11.5 Å². The normalized spacial score (nSPS) is 24.9. The average Bonchev–Trinajstić information content (AvgIpc) is 3.03. The van der Waals surface area contributed by atoms with E-state index in [-0.39, 0.29) is 42.6 Å². The standard InChI is InChI=1S/C19H27N3O4.ClH/c1-12-8-14(6-7-20-12)21-19(24)13-9-18(23)22(11-13)16-5-4-15(25-2)10-17(16)26-3;/h4-5,10,12-14,20H,6-9,11H2,1-3H3,(H,21,24);1H. The van der Waals surface area contributed by atoms with Crippen molar-refractivity contribution in [2.24, 2.45) is 5.92 Å². The highest BCUT2D eigenvalue weighted by molar-refractivity contribution is 6.01. The van der Waals surface area contributed by atoms with Gasteiger partial charge in [0.05, 0.1) is 25.8 Å². The van der Waals surface area contributed by atoms with E-state index in [0.717, 1.165) is 19.4 Å². The number of hydrogen-bond donors (Lipinski definition) is 2. The SMILES string of the molecule is COc1ccc(N2CC(C(=O)NC3CCNC(C)C3)CC2=O)c(OC)c1.Cl. The monoisotopic (exact) mass is 397 g/mol. The zero-order valence-electron chi connectivity index (χ0n) is 16.0. The predicted molar refractivity (Wildman–Crippen MR) is 106 cm³/mol. The number of halogens is 1. The molecule has 0 bridgehead atoms. The van der Waals surface area contributed by atoms with Crippen molar-refractivity contribution in [3.8, 4) is 11.5 Å². The highest BCUT2D eigenvalue weighted by Crippen LogP contribution is 2.35. The van der Waals surface area contributed by atoms with Gasteiger partial charge in [0.15, 0.2) is 0 Å². The number of methoxy groups -OCH3 is 2. The van der Waals surface area contributed by atoms with Gasteiger partial charge in [-0.15, -0.1) is 12.4 Å². The minimum absolute atomic E-state index is 0. The van der Waals surface area contributed by atoms with E-state index in [4.69, 9.17) is 9.47 Å². The summed E-state index contributed by atoms with van der Waals surface area (Å²) in [6, 6.07) is 5.91. The summed E-state index contributed by atoms with van der Waals surface area (Å²) in [5, 5.41) is 6.50. The molecule has 7 nitrogen and oxygen atoms in total. The van der Waals surface area contributed by atoms with Crippen LogP contribution in [0.3, 0.4) is 0 Å². The van der Waals surface area contributed by atoms with Crippen molar-refractivity contribution in [2.45, 2.75) is 38.3 Å². The van der Waals surface area contributed by atoms with Crippen LogP contribution in [0.25, 0.3) is 0 Å². The summed E-state index contributed by atoms with van der Waals surface area (Å²) < 4.78 is 10.6. The van der Waals surface area contributed by atoms with Crippen LogP contribution in [0, 0.1) is 5.92 Å². The molecule has 1 aromatic carbocycles. The third kappa shape index (κ3) is 4.84. The molecule has 2 aliphatic rings. The highest BCUT2D eigenvalue weighted by Gasteiger charge is 2.37. The maximum Gasteiger partial charge on any atom is 0.227 e. The van der Waals surface area contributed by atoms with E-state index >= 15 is 0 Å². The number of rotatable bonds is 5. The van der Waals surface area contributed by atoms with Crippen molar-refractivity contribution in [1.29, 1.82) is 0 Å². The number of hydrogen-bond acceptors (Lipinski definition) is 5. The van der Waals surface area contributed by atoms with Crippen molar-refractivity contribution in [2.75, 3.05) is 32.2 Å². The minimum atomic E-state index is -0.334. The van der Waals surface area contributed by atoms with E-state index in [0.29, 0.717) is 29.8 Å². The number of nitrogens with one attached hydrogen (secondary N) is 2. The molecule has 0 radical (unpaired) electrons. The molecule has 2 amide bonds. The van der Waals surface area contributed by atoms with Gasteiger partial charge >= 0.3 is 0 Å². The summed E-state index contributed by atoms with van der Waals surface area (Å²) in [4.78, 5) is 26.8. The van der Waals surface area contributed by atoms with Crippen LogP contribution in [0.1, 0.15) is 26.2 Å². The predicted octanol–water partition coefficient (Wildman–Crippen LogP) is 1.74. The number of nitrogens with zero attached hydrogens (tertiary/aromatic N) is 1. The van der Waals surface area contributed by atoms with E-state index in [1.165, 1.54) is 0 Å². The number of carbonyl (C=O) groups excluding carboxylic acids is 2. The van der Waals surface area contributed by atoms with E-state index in [9.17, 15) is 9.59 Å². The maximum absolute atomic E-state index is 12.6. The number of ether oxygens (including phenoxy) is 2. The fourth-order valence-corrected chi connectivity index (χ4v) is 3.71. The van der Waals surface area contributed by atoms with Gasteiger partial charge in [0, 0.05) is 31.1 Å². The largest absolute Gasteiger partial charge is 0.497 e. The Balaban J connectivity index is 0.00000261. The molecule has 2 fully saturated rings. The Morgan fingerprint density at radius 1 is 1.30 bits per heavy atom. The first kappa shape index (κ1) is 21.3. The van der Waals surface area contributed by atoms with Crippen molar-refractivity contribution in [3.05, 3.63) is 18.2 Å². The topological polar surface area (TPSA) is 79.9 Å². The van der Waals surface area contributed by atoms with Crippen LogP contribution >= 0.6 is 12.4 Å². The van der Waals surface area contributed by atoms with Crippen LogP contribution in [0.4, 0.5) is 5.69 Å². The Morgan fingerprint density at radius 3 is 2.74 bits per heavy atom. The first-order chi connectivity index (χ1) is 12.5. The first-order valence-electron chi connectivity index (χ1n) is 9.08. The number of amides is 2. The second-order valence-corrected chi connectivity index (χ2v) is 7.03. The quantitative estimate of drug-likeness (QED) is 0.791. The van der Waals surface area contributed by atoms with E-state index in [2.05, 4.69) is 17.6 Å². The van der Waals surface area contributed by atoms with E-state index < -0.39 is 0 Å². The molecule has 2 N–H and O–H groups in total. The Hall–Kier alpha value is -1.99. The number of anilines is 1. The second kappa shape index (κ2) is 9.28. The Labute approximate surface area is 166 Å². The van der Waals surface area contributed by atoms with Crippen molar-refractivity contribution in [1.82, 2.24) is 10.6 Å². The van der Waals surface area contributed by atoms with Gasteiger partial charge in [-0.2, -0.15) is 0 Å². The van der Waals surface area contributed by atoms with Gasteiger partial charge in [0.1, 0.15) is 11.5 Å². The van der Waals surface area contributed by atoms with Crippen LogP contribution < -0.4 is 25.0 Å². The summed E-state index contributed by atoms with van der Waals surface area (Å²) >= 11 is 0. The molecule has 2 heterocycles. The number of benzene rings is 1. The van der Waals surface area contributed by atoms with Crippen LogP contribution in [0.2, 0.25) is 0 Å². The highest BCUT2D eigenvalue weighted by atomic mass is 35.5. The molecule has 27 heavy (non-hydrogen) atoms. The molecule has 150 valence electrons. The zero-order chi connectivity index (χ0) is 18.7. The Morgan fingerprint density at radius 2 is 2.07 bits per heavy atom. The van der Waals surface area contributed by atoms with Crippen molar-refractivity contribution in [3.63, 3.8) is 0 Å². The molecule has 2 saturated heterocycles. The fourth-order valence-electron chi connectivity index (χ4n) is 3.71. The lowest BCUT2D eigenvalue weighted by Gasteiger charge is -2.29. The molecule has 0 aliphatic carbocycles. The van der Waals surface area contributed by atoms with Gasteiger partial charge < -0.3 is 25.0 Å². The average molecular weight is 398 g/mol. The van der Waals surface area contributed by atoms with Crippen LogP contribution in [0.15, 0.2) is 18.2 Å². The van der Waals surface area contributed by atoms with Gasteiger partial charge in [0.2, 0.25) is 11.8 Å². The Kier molecular flexibility index (Phi) is 7.33. The van der Waals surface area contributed by atoms with Gasteiger partial charge in [-0.25, -0.2) is 0 Å². The molecule has 0 saturated carbocycles. The van der Waals surface area contributed by atoms with Gasteiger partial charge in [-0.1, -0.05) is 0 Å². The third-order valence-electron chi connectivity index (χ3n) is 5.14. The lowest BCUT2D eigenvalue weighted by Crippen LogP contribution is -2.48. The second-order valence-electron chi connectivity index (χ2n) is 7.03. The molecule has 3 unspecified atom stereocenters. The molecule has 0 aromatic heterocycles. The van der Waals surface area contributed by atoms with Gasteiger partial charge in [-0.3, -0.25) is 9.59 Å². The van der Waals surface area contributed by atoms with Gasteiger partial charge in [0.25, 0.3) is 0 Å². The summed E-state index contributed by atoms with van der Waals surface area (Å²) in [7, 11) is 3.14. The maximum atomic E-state index is 12.6. The summed E-state index contributed by atoms with van der Waals surface area (Å²) in [5.41, 5.74) is 0.670. The smallest absolute Gasteiger partial charge is 0.227 e. The van der Waals surface area contributed by atoms with Crippen LogP contribution in [-0.2, 0) is 9.59 Å². The van der Waals surface area contributed by atoms with Crippen molar-refractivity contribution >= 4 is 29.9 Å². The molecule has 2 aliphatic heterocycles. The number of carbonyl (C=O) groups is 2. The van der Waals surface area contributed by atoms with E-state index in [1.54, 1.807) is 37.3 Å². The van der Waals surface area contributed by atoms with Crippen molar-refractivity contribution < 1.29 is 19.1 Å². The molecule has 8 heteroatoms. The molecule has 3 rings (SSSR count). The summed E-state index contributed by atoms with van der Waals surface area (Å²) in [5.74, 6) is 0.789. The van der Waals surface area contributed by atoms with E-state index in [1.807, 2.05) is 0 Å². The molecule has 0 spiro atoms. The minimum Gasteiger partial charge on any atom is -0.497 e. The van der Waals surface area contributed by atoms with Gasteiger partial charge in [-0.05, 0) is 38.4 Å². The lowest BCUT2D eigenvalue weighted by molar-refractivity contribution is -0.127. The Bertz CT molecular complexity index is 685. The fraction of sp³-hybridized carbons (Fsp3) is 0.579. The molecule has 1 aromatic rings. The first-order valence-corrected chi connectivity index (χ1v) is 9.08. The zero-order valence-corrected chi connectivity index (χ0v) is 16.8. The molecular formula is C19H28ClN3O4. The summed E-state index contributed by atoms with van der Waals surface area (Å²) in [6.07, 6.45) is 2.07. The van der Waals surface area contributed by atoms with Crippen LogP contribution in [-0.4, -0.2) is 51.2 Å². The molecule has 3 atom stereocenters. The molecular weight excluding hydrogens is 370 g/mol. The summed E-state index contributed by atoms with van der Waals surface area (Å²) in [6.45, 7) is 3.40. The number of piperidine rings is 1.